The number of nitrogens with one attached hydrogen (secondary N) is 2. The molecule has 2 atom stereocenters. The summed E-state index contributed by atoms with van der Waals surface area (Å²) >= 11 is 5.93. The molecule has 0 saturated heterocycles. The van der Waals surface area contributed by atoms with Gasteiger partial charge < -0.3 is 15.5 Å². The number of nitrogens with zero attached hydrogens (tertiary/aromatic N) is 1. The first-order chi connectivity index (χ1) is 9.73. The maximum atomic E-state index is 13.7. The number of likely N-dealkylation sites (N-methyl/N-ethyl adjacent to an activating group) is 1. The second kappa shape index (κ2) is 7.26. The molecule has 0 fully saturated rings. The van der Waals surface area contributed by atoms with E-state index in [9.17, 15) is 14.0 Å². The van der Waals surface area contributed by atoms with Gasteiger partial charge in [0.05, 0.1) is 6.04 Å². The number of hydrogen-bond donors (Lipinski definition) is 2. The molecule has 0 aliphatic heterocycles. The third kappa shape index (κ3) is 4.60. The summed E-state index contributed by atoms with van der Waals surface area (Å²) in [6.07, 6.45) is 0. The van der Waals surface area contributed by atoms with E-state index in [1.54, 1.807) is 34.0 Å². The molecule has 7 heteroatoms. The Morgan fingerprint density at radius 1 is 1.24 bits per heavy atom. The molecule has 1 aromatic rings. The Morgan fingerprint density at radius 3 is 2.38 bits per heavy atom. The van der Waals surface area contributed by atoms with Crippen LogP contribution in [-0.2, 0) is 4.79 Å². The highest BCUT2D eigenvalue weighted by Crippen LogP contribution is 2.25. The van der Waals surface area contributed by atoms with Crippen molar-refractivity contribution in [2.45, 2.75) is 25.9 Å². The summed E-state index contributed by atoms with van der Waals surface area (Å²) in [5, 5.41) is 5.29. The standard InChI is InChI=1S/C14H19ClFN3O2/c1-8(12-10(15)6-5-7-11(12)16)17-14(21)18-9(2)13(20)19(3)4/h5-9H,1-4H3,(H2,17,18,21)/t8-,9-/m0/s1. The Kier molecular flexibility index (Phi) is 5.96. The van der Waals surface area contributed by atoms with E-state index in [0.717, 1.165) is 0 Å². The number of urea groups is 1. The minimum atomic E-state index is -0.678. The highest BCUT2D eigenvalue weighted by molar-refractivity contribution is 6.31. The second-order valence-electron chi connectivity index (χ2n) is 4.93. The van der Waals surface area contributed by atoms with Crippen LogP contribution in [0.25, 0.3) is 0 Å². The molecule has 0 spiro atoms. The molecule has 3 amide bonds. The van der Waals surface area contributed by atoms with Gasteiger partial charge in [-0.25, -0.2) is 9.18 Å². The summed E-state index contributed by atoms with van der Waals surface area (Å²) in [6, 6.07) is 2.45. The van der Waals surface area contributed by atoms with Crippen molar-refractivity contribution in [2.24, 2.45) is 0 Å². The Labute approximate surface area is 128 Å². The zero-order valence-electron chi connectivity index (χ0n) is 12.4. The van der Waals surface area contributed by atoms with E-state index in [1.807, 2.05) is 0 Å². The Balaban J connectivity index is 2.69. The fraction of sp³-hybridized carbons (Fsp3) is 0.429. The zero-order chi connectivity index (χ0) is 16.2. The smallest absolute Gasteiger partial charge is 0.315 e. The van der Waals surface area contributed by atoms with Crippen LogP contribution in [0.2, 0.25) is 5.02 Å². The van der Waals surface area contributed by atoms with Crippen molar-refractivity contribution in [3.8, 4) is 0 Å². The van der Waals surface area contributed by atoms with Gasteiger partial charge in [-0.1, -0.05) is 17.7 Å². The topological polar surface area (TPSA) is 61.4 Å². The largest absolute Gasteiger partial charge is 0.347 e. The number of carbonyl (C=O) groups is 2. The maximum Gasteiger partial charge on any atom is 0.315 e. The van der Waals surface area contributed by atoms with Crippen LogP contribution in [0.15, 0.2) is 18.2 Å². The van der Waals surface area contributed by atoms with Crippen LogP contribution in [0.3, 0.4) is 0 Å². The van der Waals surface area contributed by atoms with Gasteiger partial charge >= 0.3 is 6.03 Å². The van der Waals surface area contributed by atoms with Crippen LogP contribution in [-0.4, -0.2) is 37.0 Å². The van der Waals surface area contributed by atoms with Crippen molar-refractivity contribution in [1.29, 1.82) is 0 Å². The molecule has 1 aromatic carbocycles. The third-order valence-corrected chi connectivity index (χ3v) is 3.27. The highest BCUT2D eigenvalue weighted by atomic mass is 35.5. The monoisotopic (exact) mass is 315 g/mol. The molecule has 0 aliphatic carbocycles. The molecule has 0 aliphatic rings. The number of benzene rings is 1. The Bertz CT molecular complexity index is 517. The van der Waals surface area contributed by atoms with E-state index in [-0.39, 0.29) is 16.5 Å². The van der Waals surface area contributed by atoms with E-state index < -0.39 is 23.9 Å². The zero-order valence-corrected chi connectivity index (χ0v) is 13.2. The van der Waals surface area contributed by atoms with E-state index in [0.29, 0.717) is 0 Å². The van der Waals surface area contributed by atoms with Gasteiger partial charge in [-0.15, -0.1) is 0 Å². The molecule has 0 saturated carbocycles. The van der Waals surface area contributed by atoms with E-state index in [1.165, 1.54) is 17.0 Å². The lowest BCUT2D eigenvalue weighted by molar-refractivity contribution is -0.130. The number of halogens is 2. The normalized spacial score (nSPS) is 13.2. The number of hydrogen-bond acceptors (Lipinski definition) is 2. The van der Waals surface area contributed by atoms with Crippen LogP contribution in [0.1, 0.15) is 25.5 Å². The Morgan fingerprint density at radius 2 is 1.86 bits per heavy atom. The van der Waals surface area contributed by atoms with Crippen LogP contribution >= 0.6 is 11.6 Å². The highest BCUT2D eigenvalue weighted by Gasteiger charge is 2.20. The van der Waals surface area contributed by atoms with Crippen LogP contribution in [0.5, 0.6) is 0 Å². The summed E-state index contributed by atoms with van der Waals surface area (Å²) in [5.41, 5.74) is 0.209. The van der Waals surface area contributed by atoms with Crippen molar-refractivity contribution in [2.75, 3.05) is 14.1 Å². The van der Waals surface area contributed by atoms with Gasteiger partial charge in [0.2, 0.25) is 5.91 Å². The maximum absolute atomic E-state index is 13.7. The van der Waals surface area contributed by atoms with Crippen LogP contribution < -0.4 is 10.6 Å². The van der Waals surface area contributed by atoms with Gasteiger partial charge in [-0.05, 0) is 26.0 Å². The number of amides is 3. The quantitative estimate of drug-likeness (QED) is 0.895. The first-order valence-electron chi connectivity index (χ1n) is 6.46. The lowest BCUT2D eigenvalue weighted by Gasteiger charge is -2.21. The summed E-state index contributed by atoms with van der Waals surface area (Å²) < 4.78 is 13.7. The van der Waals surface area contributed by atoms with E-state index in [2.05, 4.69) is 10.6 Å². The summed E-state index contributed by atoms with van der Waals surface area (Å²) in [5.74, 6) is -0.727. The predicted molar refractivity (Wildman–Crippen MR) is 79.6 cm³/mol. The molecule has 1 rings (SSSR count). The molecule has 5 nitrogen and oxygen atoms in total. The van der Waals surface area contributed by atoms with E-state index >= 15 is 0 Å². The minimum absolute atomic E-state index is 0.209. The number of rotatable bonds is 4. The predicted octanol–water partition coefficient (Wildman–Crippen LogP) is 2.32. The molecule has 0 bridgehead atoms. The average Bonchev–Trinajstić information content (AvgIpc) is 2.36. The molecule has 2 N–H and O–H groups in total. The second-order valence-corrected chi connectivity index (χ2v) is 5.34. The van der Waals surface area contributed by atoms with E-state index in [4.69, 9.17) is 11.6 Å². The van der Waals surface area contributed by atoms with Crippen molar-refractivity contribution in [3.63, 3.8) is 0 Å². The van der Waals surface area contributed by atoms with Crippen molar-refractivity contribution in [1.82, 2.24) is 15.5 Å². The van der Waals surface area contributed by atoms with Gasteiger partial charge in [0.25, 0.3) is 0 Å². The third-order valence-electron chi connectivity index (χ3n) is 2.94. The van der Waals surface area contributed by atoms with Gasteiger partial charge in [0.15, 0.2) is 0 Å². The fourth-order valence-electron chi connectivity index (χ4n) is 1.88. The van der Waals surface area contributed by atoms with Crippen LogP contribution in [0, 0.1) is 5.82 Å². The Hall–Kier alpha value is -1.82. The molecule has 0 radical (unpaired) electrons. The van der Waals surface area contributed by atoms with Gasteiger partial charge in [0, 0.05) is 24.7 Å². The molecule has 0 unspecified atom stereocenters. The molecule has 0 heterocycles. The van der Waals surface area contributed by atoms with Gasteiger partial charge in [-0.3, -0.25) is 4.79 Å². The van der Waals surface area contributed by atoms with Gasteiger partial charge in [0.1, 0.15) is 11.9 Å². The molecule has 116 valence electrons. The lowest BCUT2D eigenvalue weighted by atomic mass is 10.1. The lowest BCUT2D eigenvalue weighted by Crippen LogP contribution is -2.48. The van der Waals surface area contributed by atoms with Gasteiger partial charge in [-0.2, -0.15) is 0 Å². The summed E-state index contributed by atoms with van der Waals surface area (Å²) in [7, 11) is 3.19. The first kappa shape index (κ1) is 17.2. The van der Waals surface area contributed by atoms with Crippen LogP contribution in [0.4, 0.5) is 9.18 Å². The minimum Gasteiger partial charge on any atom is -0.347 e. The average molecular weight is 316 g/mol. The summed E-state index contributed by atoms with van der Waals surface area (Å²) in [6.45, 7) is 3.19. The molecular weight excluding hydrogens is 297 g/mol. The first-order valence-corrected chi connectivity index (χ1v) is 6.84. The summed E-state index contributed by atoms with van der Waals surface area (Å²) in [4.78, 5) is 24.9. The SMILES string of the molecule is C[C@H](NC(=O)N[C@@H](C)c1c(F)cccc1Cl)C(=O)N(C)C. The molecule has 0 aromatic heterocycles. The van der Waals surface area contributed by atoms with Crippen molar-refractivity contribution >= 4 is 23.5 Å². The van der Waals surface area contributed by atoms with Crippen molar-refractivity contribution in [3.05, 3.63) is 34.6 Å². The molecule has 21 heavy (non-hydrogen) atoms. The number of carbonyl (C=O) groups excluding carboxylic acids is 2. The molecular formula is C14H19ClFN3O2. The fourth-order valence-corrected chi connectivity index (χ4v) is 2.21. The van der Waals surface area contributed by atoms with Crippen molar-refractivity contribution < 1.29 is 14.0 Å².